The highest BCUT2D eigenvalue weighted by atomic mass is 15.1. The molecule has 0 aromatic heterocycles. The summed E-state index contributed by atoms with van der Waals surface area (Å²) >= 11 is 0. The van der Waals surface area contributed by atoms with Gasteiger partial charge < -0.3 is 4.90 Å². The number of nitriles is 1. The highest BCUT2D eigenvalue weighted by molar-refractivity contribution is 5.48. The molecule has 0 aliphatic rings. The molecule has 0 fully saturated rings. The summed E-state index contributed by atoms with van der Waals surface area (Å²) in [6.45, 7) is 5.58. The molecule has 86 valence electrons. The molecule has 0 aliphatic heterocycles. The van der Waals surface area contributed by atoms with Crippen molar-refractivity contribution in [1.82, 2.24) is 0 Å². The second-order valence-electron chi connectivity index (χ2n) is 4.62. The summed E-state index contributed by atoms with van der Waals surface area (Å²) < 4.78 is 0. The van der Waals surface area contributed by atoms with Crippen LogP contribution in [-0.4, -0.2) is 13.6 Å². The lowest BCUT2D eigenvalue weighted by Gasteiger charge is -2.19. The summed E-state index contributed by atoms with van der Waals surface area (Å²) in [6, 6.07) is 9.89. The van der Waals surface area contributed by atoms with Crippen molar-refractivity contribution in [1.29, 1.82) is 5.26 Å². The first-order chi connectivity index (χ1) is 7.63. The minimum Gasteiger partial charge on any atom is -0.375 e. The Hall–Kier alpha value is -1.49. The minimum absolute atomic E-state index is 0.722. The van der Waals surface area contributed by atoms with Crippen LogP contribution in [0.25, 0.3) is 0 Å². The monoisotopic (exact) mass is 216 g/mol. The number of benzene rings is 1. The van der Waals surface area contributed by atoms with Gasteiger partial charge in [0.05, 0.1) is 11.6 Å². The third kappa shape index (κ3) is 3.94. The summed E-state index contributed by atoms with van der Waals surface area (Å²) in [6.07, 6.45) is 2.48. The zero-order valence-electron chi connectivity index (χ0n) is 10.4. The van der Waals surface area contributed by atoms with E-state index in [0.717, 1.165) is 18.0 Å². The average molecular weight is 216 g/mol. The first-order valence-corrected chi connectivity index (χ1v) is 5.84. The highest BCUT2D eigenvalue weighted by Gasteiger charge is 2.01. The topological polar surface area (TPSA) is 27.0 Å². The molecule has 16 heavy (non-hydrogen) atoms. The fourth-order valence-electron chi connectivity index (χ4n) is 1.66. The molecule has 1 rings (SSSR count). The van der Waals surface area contributed by atoms with E-state index in [1.807, 2.05) is 24.3 Å². The van der Waals surface area contributed by atoms with Crippen LogP contribution in [0.15, 0.2) is 24.3 Å². The van der Waals surface area contributed by atoms with Crippen LogP contribution in [-0.2, 0) is 0 Å². The second-order valence-corrected chi connectivity index (χ2v) is 4.62. The number of anilines is 1. The van der Waals surface area contributed by atoms with Crippen LogP contribution in [0.5, 0.6) is 0 Å². The van der Waals surface area contributed by atoms with Gasteiger partial charge in [-0.1, -0.05) is 13.8 Å². The molecular weight excluding hydrogens is 196 g/mol. The quantitative estimate of drug-likeness (QED) is 0.754. The molecular formula is C14H20N2. The molecule has 0 bridgehead atoms. The minimum atomic E-state index is 0.722. The summed E-state index contributed by atoms with van der Waals surface area (Å²) in [5, 5.41) is 8.71. The molecule has 0 unspecified atom stereocenters. The van der Waals surface area contributed by atoms with Crippen molar-refractivity contribution >= 4 is 5.69 Å². The van der Waals surface area contributed by atoms with E-state index in [2.05, 4.69) is 31.9 Å². The number of nitrogens with zero attached hydrogens (tertiary/aromatic N) is 2. The normalized spacial score (nSPS) is 10.2. The molecule has 1 aromatic rings. The Morgan fingerprint density at radius 2 is 1.88 bits per heavy atom. The van der Waals surface area contributed by atoms with Crippen molar-refractivity contribution in [2.24, 2.45) is 5.92 Å². The lowest BCUT2D eigenvalue weighted by molar-refractivity contribution is 0.556. The molecule has 0 amide bonds. The Labute approximate surface area is 98.5 Å². The molecule has 2 heteroatoms. The summed E-state index contributed by atoms with van der Waals surface area (Å²) in [5.74, 6) is 0.773. The molecule has 0 spiro atoms. The SMILES string of the molecule is CC(C)CCCN(C)c1ccc(C#N)cc1. The fraction of sp³-hybridized carbons (Fsp3) is 0.500. The predicted octanol–water partition coefficient (Wildman–Crippen LogP) is 3.43. The van der Waals surface area contributed by atoms with E-state index >= 15 is 0 Å². The molecule has 0 saturated carbocycles. The van der Waals surface area contributed by atoms with E-state index in [1.165, 1.54) is 18.5 Å². The van der Waals surface area contributed by atoms with Gasteiger partial charge in [0.1, 0.15) is 0 Å². The number of rotatable bonds is 5. The zero-order valence-corrected chi connectivity index (χ0v) is 10.4. The third-order valence-corrected chi connectivity index (χ3v) is 2.71. The number of hydrogen-bond acceptors (Lipinski definition) is 2. The van der Waals surface area contributed by atoms with Gasteiger partial charge in [-0.15, -0.1) is 0 Å². The predicted molar refractivity (Wildman–Crippen MR) is 68.5 cm³/mol. The molecule has 0 saturated heterocycles. The van der Waals surface area contributed by atoms with Crippen molar-refractivity contribution < 1.29 is 0 Å². The maximum absolute atomic E-state index is 8.71. The van der Waals surface area contributed by atoms with Crippen LogP contribution in [0.4, 0.5) is 5.69 Å². The Morgan fingerprint density at radius 1 is 1.25 bits per heavy atom. The smallest absolute Gasteiger partial charge is 0.0991 e. The van der Waals surface area contributed by atoms with Gasteiger partial charge in [0, 0.05) is 19.3 Å². The maximum Gasteiger partial charge on any atom is 0.0991 e. The van der Waals surface area contributed by atoms with E-state index in [0.29, 0.717) is 0 Å². The Bertz CT molecular complexity index is 346. The van der Waals surface area contributed by atoms with Crippen LogP contribution in [0.2, 0.25) is 0 Å². The Morgan fingerprint density at radius 3 is 2.38 bits per heavy atom. The van der Waals surface area contributed by atoms with E-state index in [4.69, 9.17) is 5.26 Å². The van der Waals surface area contributed by atoms with E-state index < -0.39 is 0 Å². The molecule has 0 radical (unpaired) electrons. The molecule has 0 heterocycles. The standard InChI is InChI=1S/C14H20N2/c1-12(2)5-4-10-16(3)14-8-6-13(11-15)7-9-14/h6-9,12H,4-5,10H2,1-3H3. The van der Waals surface area contributed by atoms with Crippen molar-refractivity contribution in [3.8, 4) is 6.07 Å². The summed E-state index contributed by atoms with van der Waals surface area (Å²) in [7, 11) is 2.10. The highest BCUT2D eigenvalue weighted by Crippen LogP contribution is 2.14. The van der Waals surface area contributed by atoms with Crippen LogP contribution in [0.1, 0.15) is 32.3 Å². The van der Waals surface area contributed by atoms with Crippen molar-refractivity contribution in [2.75, 3.05) is 18.5 Å². The van der Waals surface area contributed by atoms with Crippen molar-refractivity contribution in [2.45, 2.75) is 26.7 Å². The Balaban J connectivity index is 2.47. The van der Waals surface area contributed by atoms with Gasteiger partial charge in [-0.25, -0.2) is 0 Å². The summed E-state index contributed by atoms with van der Waals surface area (Å²) in [4.78, 5) is 2.24. The van der Waals surface area contributed by atoms with Gasteiger partial charge in [-0.3, -0.25) is 0 Å². The van der Waals surface area contributed by atoms with Crippen molar-refractivity contribution in [3.05, 3.63) is 29.8 Å². The largest absolute Gasteiger partial charge is 0.375 e. The lowest BCUT2D eigenvalue weighted by atomic mass is 10.1. The zero-order chi connectivity index (χ0) is 12.0. The first kappa shape index (κ1) is 12.6. The van der Waals surface area contributed by atoms with Crippen molar-refractivity contribution in [3.63, 3.8) is 0 Å². The second kappa shape index (κ2) is 6.17. The third-order valence-electron chi connectivity index (χ3n) is 2.71. The molecule has 0 N–H and O–H groups in total. The van der Waals surface area contributed by atoms with E-state index in [-0.39, 0.29) is 0 Å². The van der Waals surface area contributed by atoms with Gasteiger partial charge in [0.2, 0.25) is 0 Å². The first-order valence-electron chi connectivity index (χ1n) is 5.84. The van der Waals surface area contributed by atoms with Crippen LogP contribution in [0.3, 0.4) is 0 Å². The van der Waals surface area contributed by atoms with Gasteiger partial charge in [0.25, 0.3) is 0 Å². The number of hydrogen-bond donors (Lipinski definition) is 0. The van der Waals surface area contributed by atoms with Gasteiger partial charge in [-0.2, -0.15) is 5.26 Å². The lowest BCUT2D eigenvalue weighted by Crippen LogP contribution is -2.18. The van der Waals surface area contributed by atoms with Crippen LogP contribution in [0, 0.1) is 17.2 Å². The molecule has 2 nitrogen and oxygen atoms in total. The van der Waals surface area contributed by atoms with Gasteiger partial charge in [-0.05, 0) is 43.0 Å². The van der Waals surface area contributed by atoms with E-state index in [1.54, 1.807) is 0 Å². The molecule has 0 atom stereocenters. The fourth-order valence-corrected chi connectivity index (χ4v) is 1.66. The molecule has 0 aliphatic carbocycles. The van der Waals surface area contributed by atoms with Gasteiger partial charge >= 0.3 is 0 Å². The van der Waals surface area contributed by atoms with Crippen LogP contribution >= 0.6 is 0 Å². The summed E-state index contributed by atoms with van der Waals surface area (Å²) in [5.41, 5.74) is 1.90. The van der Waals surface area contributed by atoms with Gasteiger partial charge in [0.15, 0.2) is 0 Å². The van der Waals surface area contributed by atoms with E-state index in [9.17, 15) is 0 Å². The average Bonchev–Trinajstić information content (AvgIpc) is 2.28. The van der Waals surface area contributed by atoms with Crippen LogP contribution < -0.4 is 4.90 Å². The maximum atomic E-state index is 8.71. The Kier molecular flexibility index (Phi) is 4.85. The molecule has 1 aromatic carbocycles.